The van der Waals surface area contributed by atoms with Gasteiger partial charge in [-0.05, 0) is 30.5 Å². The molecule has 136 valence electrons. The van der Waals surface area contributed by atoms with Crippen molar-refractivity contribution in [3.05, 3.63) is 33.8 Å². The Hall–Kier alpha value is -1.63. The molecule has 2 rings (SSSR count). The number of halogens is 2. The number of hydrogen-bond acceptors (Lipinski definition) is 4. The average molecular weight is 387 g/mol. The van der Waals surface area contributed by atoms with Crippen LogP contribution in [0, 0.1) is 5.92 Å². The lowest BCUT2D eigenvalue weighted by Gasteiger charge is -2.14. The number of Topliss-reactive ketones (excluding diaryl/α,β-unsaturated/α-hetero) is 1. The average Bonchev–Trinajstić information content (AvgIpc) is 2.88. The van der Waals surface area contributed by atoms with Gasteiger partial charge >= 0.3 is 0 Å². The van der Waals surface area contributed by atoms with Crippen molar-refractivity contribution in [3.63, 3.8) is 0 Å². The number of methoxy groups -OCH3 is 1. The van der Waals surface area contributed by atoms with E-state index >= 15 is 0 Å². The predicted molar refractivity (Wildman–Crippen MR) is 94.7 cm³/mol. The molecule has 1 heterocycles. The number of rotatable bonds is 8. The van der Waals surface area contributed by atoms with E-state index < -0.39 is 23.5 Å². The first-order valence-corrected chi connectivity index (χ1v) is 8.73. The third-order valence-electron chi connectivity index (χ3n) is 4.02. The van der Waals surface area contributed by atoms with Crippen LogP contribution in [0.1, 0.15) is 12.0 Å². The van der Waals surface area contributed by atoms with Crippen LogP contribution in [-0.2, 0) is 25.5 Å². The lowest BCUT2D eigenvalue weighted by atomic mass is 10.1. The highest BCUT2D eigenvalue weighted by Crippen LogP contribution is 2.23. The summed E-state index contributed by atoms with van der Waals surface area (Å²) in [5.41, 5.74) is 1.02. The molecule has 25 heavy (non-hydrogen) atoms. The van der Waals surface area contributed by atoms with Crippen LogP contribution in [0.4, 0.5) is 0 Å². The maximum Gasteiger partial charge on any atom is 0.290 e. The standard InChI is InChI=1S/C17H20Cl2N2O4/c1-25-8-7-21-10-12(15(22)17(21)24)16(23)20-6-2-3-11-4-5-13(18)14(19)9-11/h4-5,9,12H,2-3,6-8,10H2,1H3,(H,20,23). The van der Waals surface area contributed by atoms with E-state index in [1.54, 1.807) is 12.1 Å². The van der Waals surface area contributed by atoms with Crippen LogP contribution >= 0.6 is 23.2 Å². The Morgan fingerprint density at radius 1 is 1.32 bits per heavy atom. The highest BCUT2D eigenvalue weighted by atomic mass is 35.5. The Morgan fingerprint density at radius 2 is 2.08 bits per heavy atom. The molecule has 1 aromatic carbocycles. The summed E-state index contributed by atoms with van der Waals surface area (Å²) in [5, 5.41) is 3.72. The van der Waals surface area contributed by atoms with Crippen molar-refractivity contribution in [1.82, 2.24) is 10.2 Å². The fourth-order valence-corrected chi connectivity index (χ4v) is 2.93. The van der Waals surface area contributed by atoms with Crippen LogP contribution in [0.25, 0.3) is 0 Å². The van der Waals surface area contributed by atoms with Gasteiger partial charge in [-0.1, -0.05) is 29.3 Å². The van der Waals surface area contributed by atoms with Crippen LogP contribution in [0.15, 0.2) is 18.2 Å². The number of carbonyl (C=O) groups is 3. The highest BCUT2D eigenvalue weighted by molar-refractivity contribution is 6.42. The largest absolute Gasteiger partial charge is 0.383 e. The van der Waals surface area contributed by atoms with Crippen molar-refractivity contribution in [2.75, 3.05) is 33.4 Å². The van der Waals surface area contributed by atoms with Gasteiger partial charge in [0.25, 0.3) is 5.91 Å². The summed E-state index contributed by atoms with van der Waals surface area (Å²) in [6.07, 6.45) is 1.40. The maximum atomic E-state index is 12.2. The number of ketones is 1. The minimum Gasteiger partial charge on any atom is -0.383 e. The number of amides is 2. The molecule has 1 aliphatic rings. The lowest BCUT2D eigenvalue weighted by Crippen LogP contribution is -2.36. The first-order chi connectivity index (χ1) is 11.9. The molecule has 1 atom stereocenters. The molecular formula is C17H20Cl2N2O4. The second-order valence-electron chi connectivity index (χ2n) is 5.80. The molecular weight excluding hydrogens is 367 g/mol. The minimum atomic E-state index is -0.936. The predicted octanol–water partition coefficient (Wildman–Crippen LogP) is 1.72. The molecule has 0 aliphatic carbocycles. The van der Waals surface area contributed by atoms with Crippen LogP contribution in [0.5, 0.6) is 0 Å². The zero-order chi connectivity index (χ0) is 18.4. The van der Waals surface area contributed by atoms with Gasteiger partial charge in [-0.15, -0.1) is 0 Å². The fraction of sp³-hybridized carbons (Fsp3) is 0.471. The molecule has 0 saturated carbocycles. The molecule has 6 nitrogen and oxygen atoms in total. The molecule has 2 amide bonds. The molecule has 1 unspecified atom stereocenters. The van der Waals surface area contributed by atoms with Gasteiger partial charge in [-0.2, -0.15) is 0 Å². The van der Waals surface area contributed by atoms with Crippen molar-refractivity contribution >= 4 is 40.8 Å². The Labute approximate surface area is 156 Å². The number of benzene rings is 1. The summed E-state index contributed by atoms with van der Waals surface area (Å²) in [5.74, 6) is -2.62. The third-order valence-corrected chi connectivity index (χ3v) is 4.76. The van der Waals surface area contributed by atoms with E-state index in [1.165, 1.54) is 12.0 Å². The van der Waals surface area contributed by atoms with Gasteiger partial charge < -0.3 is 15.0 Å². The topological polar surface area (TPSA) is 75.7 Å². The number of nitrogens with zero attached hydrogens (tertiary/aromatic N) is 1. The van der Waals surface area contributed by atoms with Gasteiger partial charge in [-0.3, -0.25) is 14.4 Å². The number of carbonyl (C=O) groups excluding carboxylic acids is 3. The summed E-state index contributed by atoms with van der Waals surface area (Å²) < 4.78 is 4.90. The zero-order valence-electron chi connectivity index (χ0n) is 13.9. The van der Waals surface area contributed by atoms with Crippen LogP contribution < -0.4 is 5.32 Å². The third kappa shape index (κ3) is 5.17. The minimum absolute atomic E-state index is 0.111. The van der Waals surface area contributed by atoms with E-state index in [9.17, 15) is 14.4 Å². The van der Waals surface area contributed by atoms with Gasteiger partial charge in [0.1, 0.15) is 5.92 Å². The summed E-state index contributed by atoms with van der Waals surface area (Å²) >= 11 is 11.8. The molecule has 0 spiro atoms. The second kappa shape index (κ2) is 9.17. The smallest absolute Gasteiger partial charge is 0.290 e. The van der Waals surface area contributed by atoms with E-state index in [4.69, 9.17) is 27.9 Å². The van der Waals surface area contributed by atoms with E-state index in [0.717, 1.165) is 5.56 Å². The Morgan fingerprint density at radius 3 is 2.76 bits per heavy atom. The van der Waals surface area contributed by atoms with Crippen LogP contribution in [0.3, 0.4) is 0 Å². The number of aryl methyl sites for hydroxylation is 1. The van der Waals surface area contributed by atoms with Crippen molar-refractivity contribution in [2.24, 2.45) is 5.92 Å². The molecule has 1 aromatic rings. The number of hydrogen-bond donors (Lipinski definition) is 1. The molecule has 1 fully saturated rings. The van der Waals surface area contributed by atoms with E-state index in [0.29, 0.717) is 42.6 Å². The summed E-state index contributed by atoms with van der Waals surface area (Å²) in [6.45, 7) is 1.16. The summed E-state index contributed by atoms with van der Waals surface area (Å²) in [6, 6.07) is 5.40. The molecule has 0 bridgehead atoms. The van der Waals surface area contributed by atoms with Crippen molar-refractivity contribution < 1.29 is 19.1 Å². The molecule has 1 saturated heterocycles. The molecule has 1 aliphatic heterocycles. The quantitative estimate of drug-likeness (QED) is 0.419. The van der Waals surface area contributed by atoms with Gasteiger partial charge in [-0.25, -0.2) is 0 Å². The van der Waals surface area contributed by atoms with Crippen LogP contribution in [0.2, 0.25) is 10.0 Å². The molecule has 1 N–H and O–H groups in total. The first-order valence-electron chi connectivity index (χ1n) is 7.97. The zero-order valence-corrected chi connectivity index (χ0v) is 15.4. The maximum absolute atomic E-state index is 12.2. The van der Waals surface area contributed by atoms with E-state index in [1.807, 2.05) is 6.07 Å². The van der Waals surface area contributed by atoms with Crippen molar-refractivity contribution in [3.8, 4) is 0 Å². The SMILES string of the molecule is COCCN1CC(C(=O)NCCCc2ccc(Cl)c(Cl)c2)C(=O)C1=O. The van der Waals surface area contributed by atoms with Gasteiger partial charge in [0.15, 0.2) is 0 Å². The van der Waals surface area contributed by atoms with Gasteiger partial charge in [0.2, 0.25) is 11.7 Å². The fourth-order valence-electron chi connectivity index (χ4n) is 2.61. The first kappa shape index (κ1) is 19.7. The molecule has 0 aromatic heterocycles. The Balaban J connectivity index is 1.77. The summed E-state index contributed by atoms with van der Waals surface area (Å²) in [7, 11) is 1.51. The molecule has 8 heteroatoms. The van der Waals surface area contributed by atoms with Crippen molar-refractivity contribution in [2.45, 2.75) is 12.8 Å². The Kier molecular flexibility index (Phi) is 7.23. The van der Waals surface area contributed by atoms with E-state index in [2.05, 4.69) is 5.32 Å². The summed E-state index contributed by atoms with van der Waals surface area (Å²) in [4.78, 5) is 37.2. The lowest BCUT2D eigenvalue weighted by molar-refractivity contribution is -0.142. The van der Waals surface area contributed by atoms with Crippen LogP contribution in [-0.4, -0.2) is 55.8 Å². The van der Waals surface area contributed by atoms with Gasteiger partial charge in [0.05, 0.1) is 16.7 Å². The number of ether oxygens (including phenoxy) is 1. The normalized spacial score (nSPS) is 17.2. The number of nitrogens with one attached hydrogen (secondary N) is 1. The van der Waals surface area contributed by atoms with Gasteiger partial charge in [0, 0.05) is 26.7 Å². The highest BCUT2D eigenvalue weighted by Gasteiger charge is 2.42. The Bertz CT molecular complexity index is 666. The monoisotopic (exact) mass is 386 g/mol. The van der Waals surface area contributed by atoms with E-state index in [-0.39, 0.29) is 6.54 Å². The molecule has 0 radical (unpaired) electrons. The second-order valence-corrected chi connectivity index (χ2v) is 6.62. The van der Waals surface area contributed by atoms with Crippen molar-refractivity contribution in [1.29, 1.82) is 0 Å². The number of likely N-dealkylation sites (tertiary alicyclic amines) is 1.